The van der Waals surface area contributed by atoms with Crippen molar-refractivity contribution in [1.29, 1.82) is 0 Å². The highest BCUT2D eigenvalue weighted by Gasteiger charge is 2.34. The predicted molar refractivity (Wildman–Crippen MR) is 63.2 cm³/mol. The Labute approximate surface area is 108 Å². The van der Waals surface area contributed by atoms with Crippen molar-refractivity contribution in [3.05, 3.63) is 35.1 Å². The maximum absolute atomic E-state index is 13.0. The van der Waals surface area contributed by atoms with Gasteiger partial charge in [0.2, 0.25) is 0 Å². The molecule has 0 heterocycles. The van der Waals surface area contributed by atoms with Crippen molar-refractivity contribution in [2.75, 3.05) is 6.54 Å². The van der Waals surface area contributed by atoms with Crippen LogP contribution in [-0.2, 0) is 6.18 Å². The summed E-state index contributed by atoms with van der Waals surface area (Å²) in [4.78, 5) is 11.7. The van der Waals surface area contributed by atoms with Crippen molar-refractivity contribution < 1.29 is 22.4 Å². The largest absolute Gasteiger partial charge is 0.419 e. The molecular formula is C13H15F4NO. The van der Waals surface area contributed by atoms with Crippen LogP contribution in [0.4, 0.5) is 17.6 Å². The maximum Gasteiger partial charge on any atom is 0.419 e. The Kier molecular flexibility index (Phi) is 4.91. The lowest BCUT2D eigenvalue weighted by Gasteiger charge is -2.12. The first-order valence-electron chi connectivity index (χ1n) is 5.90. The Morgan fingerprint density at radius 3 is 2.53 bits per heavy atom. The molecule has 1 unspecified atom stereocenters. The van der Waals surface area contributed by atoms with Crippen LogP contribution in [-0.4, -0.2) is 12.5 Å². The first kappa shape index (κ1) is 15.5. The van der Waals surface area contributed by atoms with Crippen LogP contribution >= 0.6 is 0 Å². The summed E-state index contributed by atoms with van der Waals surface area (Å²) in [6, 6.07) is 2.22. The molecule has 6 heteroatoms. The molecule has 1 N–H and O–H groups in total. The van der Waals surface area contributed by atoms with Gasteiger partial charge in [-0.1, -0.05) is 20.3 Å². The molecule has 0 aliphatic heterocycles. The lowest BCUT2D eigenvalue weighted by atomic mass is 10.1. The second-order valence-electron chi connectivity index (χ2n) is 4.42. The lowest BCUT2D eigenvalue weighted by molar-refractivity contribution is -0.140. The van der Waals surface area contributed by atoms with Gasteiger partial charge in [0.1, 0.15) is 5.82 Å². The van der Waals surface area contributed by atoms with Crippen molar-refractivity contribution in [2.24, 2.45) is 5.92 Å². The van der Waals surface area contributed by atoms with E-state index in [2.05, 4.69) is 5.32 Å². The summed E-state index contributed by atoms with van der Waals surface area (Å²) < 4.78 is 50.5. The van der Waals surface area contributed by atoms with Gasteiger partial charge in [0.25, 0.3) is 5.91 Å². The fraction of sp³-hybridized carbons (Fsp3) is 0.462. The topological polar surface area (TPSA) is 29.1 Å². The van der Waals surface area contributed by atoms with Crippen LogP contribution in [0.3, 0.4) is 0 Å². The van der Waals surface area contributed by atoms with Gasteiger partial charge in [-0.05, 0) is 24.1 Å². The normalized spacial score (nSPS) is 13.2. The summed E-state index contributed by atoms with van der Waals surface area (Å²) in [5.74, 6) is -1.79. The summed E-state index contributed by atoms with van der Waals surface area (Å²) in [7, 11) is 0. The van der Waals surface area contributed by atoms with Crippen LogP contribution in [0.25, 0.3) is 0 Å². The van der Waals surface area contributed by atoms with Crippen LogP contribution in [0.5, 0.6) is 0 Å². The number of halogens is 4. The van der Waals surface area contributed by atoms with Gasteiger partial charge in [0.05, 0.1) is 5.56 Å². The molecule has 2 nitrogen and oxygen atoms in total. The minimum Gasteiger partial charge on any atom is -0.352 e. The molecule has 0 fully saturated rings. The van der Waals surface area contributed by atoms with E-state index < -0.39 is 23.5 Å². The number of benzene rings is 1. The second kappa shape index (κ2) is 6.04. The summed E-state index contributed by atoms with van der Waals surface area (Å²) in [6.45, 7) is 4.22. The molecule has 19 heavy (non-hydrogen) atoms. The van der Waals surface area contributed by atoms with Crippen molar-refractivity contribution in [1.82, 2.24) is 5.32 Å². The van der Waals surface area contributed by atoms with Gasteiger partial charge in [0, 0.05) is 12.1 Å². The Morgan fingerprint density at radius 1 is 1.37 bits per heavy atom. The maximum atomic E-state index is 13.0. The van der Waals surface area contributed by atoms with Crippen LogP contribution < -0.4 is 5.32 Å². The highest BCUT2D eigenvalue weighted by Crippen LogP contribution is 2.31. The number of hydrogen-bond donors (Lipinski definition) is 1. The second-order valence-corrected chi connectivity index (χ2v) is 4.42. The zero-order valence-electron chi connectivity index (χ0n) is 10.6. The summed E-state index contributed by atoms with van der Waals surface area (Å²) in [5, 5.41) is 2.52. The fourth-order valence-electron chi connectivity index (χ4n) is 1.40. The number of carbonyl (C=O) groups excluding carboxylic acids is 1. The van der Waals surface area contributed by atoms with Crippen LogP contribution in [0.2, 0.25) is 0 Å². The zero-order chi connectivity index (χ0) is 14.6. The van der Waals surface area contributed by atoms with E-state index in [0.717, 1.165) is 12.5 Å². The average Bonchev–Trinajstić information content (AvgIpc) is 2.34. The first-order valence-corrected chi connectivity index (χ1v) is 5.90. The van der Waals surface area contributed by atoms with E-state index in [4.69, 9.17) is 0 Å². The Hall–Kier alpha value is -1.59. The number of rotatable bonds is 4. The van der Waals surface area contributed by atoms with Crippen LogP contribution in [0.15, 0.2) is 18.2 Å². The number of nitrogens with one attached hydrogen (secondary N) is 1. The summed E-state index contributed by atoms with van der Waals surface area (Å²) in [5.41, 5.74) is -1.62. The molecule has 0 aliphatic carbocycles. The molecule has 1 aromatic rings. The fourth-order valence-corrected chi connectivity index (χ4v) is 1.40. The predicted octanol–water partition coefficient (Wildman–Crippen LogP) is 3.62. The highest BCUT2D eigenvalue weighted by molar-refractivity contribution is 5.94. The van der Waals surface area contributed by atoms with E-state index >= 15 is 0 Å². The summed E-state index contributed by atoms with van der Waals surface area (Å²) >= 11 is 0. The van der Waals surface area contributed by atoms with E-state index in [0.29, 0.717) is 18.7 Å². The van der Waals surface area contributed by atoms with Crippen LogP contribution in [0.1, 0.15) is 36.2 Å². The Morgan fingerprint density at radius 2 is 2.00 bits per heavy atom. The smallest absolute Gasteiger partial charge is 0.352 e. The van der Waals surface area contributed by atoms with Crippen molar-refractivity contribution in [3.63, 3.8) is 0 Å². The molecule has 0 saturated carbocycles. The lowest BCUT2D eigenvalue weighted by Crippen LogP contribution is -2.28. The molecule has 106 valence electrons. The van der Waals surface area contributed by atoms with Gasteiger partial charge in [-0.3, -0.25) is 4.79 Å². The zero-order valence-corrected chi connectivity index (χ0v) is 10.6. The van der Waals surface area contributed by atoms with Gasteiger partial charge < -0.3 is 5.32 Å². The van der Waals surface area contributed by atoms with Gasteiger partial charge >= 0.3 is 6.18 Å². The molecule has 0 spiro atoms. The number of amides is 1. The first-order chi connectivity index (χ1) is 8.75. The third-order valence-corrected chi connectivity index (χ3v) is 2.84. The molecule has 0 bridgehead atoms. The molecule has 1 amide bonds. The minimum absolute atomic E-state index is 0.197. The average molecular weight is 277 g/mol. The number of hydrogen-bond acceptors (Lipinski definition) is 1. The summed E-state index contributed by atoms with van der Waals surface area (Å²) in [6.07, 6.45) is -3.96. The standard InChI is InChI=1S/C13H15F4NO/c1-3-8(2)7-18-12(19)9-4-5-11(14)10(6-9)13(15,16)17/h4-6,8H,3,7H2,1-2H3,(H,18,19). The molecule has 0 aliphatic rings. The quantitative estimate of drug-likeness (QED) is 0.837. The van der Waals surface area contributed by atoms with Gasteiger partial charge in [-0.2, -0.15) is 13.2 Å². The molecule has 1 rings (SSSR count). The Balaban J connectivity index is 2.87. The molecular weight excluding hydrogens is 262 g/mol. The van der Waals surface area contributed by atoms with Gasteiger partial charge in [0.15, 0.2) is 0 Å². The van der Waals surface area contributed by atoms with Crippen molar-refractivity contribution in [2.45, 2.75) is 26.4 Å². The van der Waals surface area contributed by atoms with Gasteiger partial charge in [-0.15, -0.1) is 0 Å². The minimum atomic E-state index is -4.81. The van der Waals surface area contributed by atoms with E-state index in [9.17, 15) is 22.4 Å². The van der Waals surface area contributed by atoms with Crippen LogP contribution in [0, 0.1) is 11.7 Å². The van der Waals surface area contributed by atoms with E-state index in [1.807, 2.05) is 13.8 Å². The Bertz CT molecular complexity index is 456. The molecule has 1 atom stereocenters. The van der Waals surface area contributed by atoms with E-state index in [1.165, 1.54) is 0 Å². The molecule has 0 radical (unpaired) electrons. The molecule has 1 aromatic carbocycles. The number of carbonyl (C=O) groups is 1. The van der Waals surface area contributed by atoms with E-state index in [1.54, 1.807) is 0 Å². The van der Waals surface area contributed by atoms with E-state index in [-0.39, 0.29) is 11.5 Å². The molecule has 0 aromatic heterocycles. The monoisotopic (exact) mass is 277 g/mol. The third-order valence-electron chi connectivity index (χ3n) is 2.84. The third kappa shape index (κ3) is 4.22. The van der Waals surface area contributed by atoms with Crippen molar-refractivity contribution >= 4 is 5.91 Å². The highest BCUT2D eigenvalue weighted by atomic mass is 19.4. The number of alkyl halides is 3. The van der Waals surface area contributed by atoms with Gasteiger partial charge in [-0.25, -0.2) is 4.39 Å². The van der Waals surface area contributed by atoms with Crippen molar-refractivity contribution in [3.8, 4) is 0 Å². The molecule has 0 saturated heterocycles. The SMILES string of the molecule is CCC(C)CNC(=O)c1ccc(F)c(C(F)(F)F)c1.